The lowest BCUT2D eigenvalue weighted by atomic mass is 10.00. The summed E-state index contributed by atoms with van der Waals surface area (Å²) >= 11 is 0. The summed E-state index contributed by atoms with van der Waals surface area (Å²) in [5, 5.41) is 27.4. The quantitative estimate of drug-likeness (QED) is 0.813. The number of hydrogen-bond donors (Lipinski definition) is 2. The van der Waals surface area contributed by atoms with Crippen molar-refractivity contribution in [2.24, 2.45) is 0 Å². The van der Waals surface area contributed by atoms with Gasteiger partial charge < -0.3 is 10.2 Å². The van der Waals surface area contributed by atoms with E-state index < -0.39 is 11.8 Å². The van der Waals surface area contributed by atoms with E-state index in [0.717, 1.165) is 25.7 Å². The van der Waals surface area contributed by atoms with Crippen molar-refractivity contribution >= 4 is 5.97 Å². The van der Waals surface area contributed by atoms with Gasteiger partial charge in [-0.3, -0.25) is 0 Å². The first-order chi connectivity index (χ1) is 8.13. The van der Waals surface area contributed by atoms with Crippen molar-refractivity contribution in [1.82, 2.24) is 4.98 Å². The molecule has 5 heteroatoms. The highest BCUT2D eigenvalue weighted by atomic mass is 16.4. The van der Waals surface area contributed by atoms with Gasteiger partial charge in [0.05, 0.1) is 5.56 Å². The fourth-order valence-electron chi connectivity index (χ4n) is 2.26. The van der Waals surface area contributed by atoms with Crippen molar-refractivity contribution in [2.75, 3.05) is 0 Å². The van der Waals surface area contributed by atoms with Gasteiger partial charge in [0.2, 0.25) is 5.88 Å². The molecule has 1 fully saturated rings. The predicted molar refractivity (Wildman–Crippen MR) is 58.8 cm³/mol. The van der Waals surface area contributed by atoms with Crippen LogP contribution in [0.3, 0.4) is 0 Å². The number of carbonyl (C=O) groups is 1. The molecule has 1 aliphatic rings. The van der Waals surface area contributed by atoms with Crippen LogP contribution in [-0.2, 0) is 0 Å². The molecular formula is C12H12N2O3. The number of carboxylic acids is 1. The van der Waals surface area contributed by atoms with Gasteiger partial charge in [-0.05, 0) is 18.9 Å². The lowest BCUT2D eigenvalue weighted by Crippen LogP contribution is -2.06. The number of hydrogen-bond acceptors (Lipinski definition) is 4. The number of nitrogens with zero attached hydrogens (tertiary/aromatic N) is 2. The summed E-state index contributed by atoms with van der Waals surface area (Å²) in [5.41, 5.74) is 0.151. The Morgan fingerprint density at radius 1 is 1.47 bits per heavy atom. The van der Waals surface area contributed by atoms with E-state index in [1.807, 2.05) is 0 Å². The Morgan fingerprint density at radius 3 is 2.65 bits per heavy atom. The zero-order valence-corrected chi connectivity index (χ0v) is 9.18. The fraction of sp³-hybridized carbons (Fsp3) is 0.417. The molecule has 0 radical (unpaired) electrons. The third-order valence-corrected chi connectivity index (χ3v) is 3.14. The van der Waals surface area contributed by atoms with Crippen molar-refractivity contribution in [2.45, 2.75) is 31.6 Å². The second kappa shape index (κ2) is 4.42. The Kier molecular flexibility index (Phi) is 2.96. The zero-order chi connectivity index (χ0) is 12.4. The Morgan fingerprint density at radius 2 is 2.12 bits per heavy atom. The molecule has 0 atom stereocenters. The minimum atomic E-state index is -1.21. The number of aromatic hydroxyl groups is 1. The summed E-state index contributed by atoms with van der Waals surface area (Å²) in [6.45, 7) is 0. The van der Waals surface area contributed by atoms with Gasteiger partial charge in [-0.25, -0.2) is 9.78 Å². The van der Waals surface area contributed by atoms with E-state index >= 15 is 0 Å². The van der Waals surface area contributed by atoms with E-state index in [1.54, 1.807) is 6.07 Å². The standard InChI is InChI=1S/C12H12N2O3/c13-6-9-8(12(16)17)5-10(14-11(9)15)7-3-1-2-4-7/h5,7H,1-4H2,(H,14,15)(H,16,17). The maximum Gasteiger partial charge on any atom is 0.337 e. The highest BCUT2D eigenvalue weighted by molar-refractivity contribution is 5.91. The molecule has 2 N–H and O–H groups in total. The van der Waals surface area contributed by atoms with Gasteiger partial charge in [0.25, 0.3) is 0 Å². The van der Waals surface area contributed by atoms with Crippen LogP contribution in [0.2, 0.25) is 0 Å². The number of nitriles is 1. The molecular weight excluding hydrogens is 220 g/mol. The van der Waals surface area contributed by atoms with Crippen molar-refractivity contribution in [3.05, 3.63) is 22.9 Å². The van der Waals surface area contributed by atoms with Gasteiger partial charge in [0, 0.05) is 11.6 Å². The largest absolute Gasteiger partial charge is 0.492 e. The number of pyridine rings is 1. The van der Waals surface area contributed by atoms with Crippen LogP contribution in [0.5, 0.6) is 5.88 Å². The molecule has 1 saturated carbocycles. The number of carboxylic acid groups (broad SMARTS) is 1. The van der Waals surface area contributed by atoms with Gasteiger partial charge in [-0.1, -0.05) is 12.8 Å². The molecule has 0 bridgehead atoms. The van der Waals surface area contributed by atoms with E-state index in [4.69, 9.17) is 10.4 Å². The average molecular weight is 232 g/mol. The molecule has 5 nitrogen and oxygen atoms in total. The van der Waals surface area contributed by atoms with Gasteiger partial charge in [0.1, 0.15) is 11.6 Å². The maximum atomic E-state index is 11.0. The lowest BCUT2D eigenvalue weighted by molar-refractivity contribution is 0.0695. The van der Waals surface area contributed by atoms with Crippen molar-refractivity contribution in [3.63, 3.8) is 0 Å². The Labute approximate surface area is 98.3 Å². The molecule has 1 aliphatic carbocycles. The summed E-state index contributed by atoms with van der Waals surface area (Å²) < 4.78 is 0. The summed E-state index contributed by atoms with van der Waals surface area (Å²) in [7, 11) is 0. The van der Waals surface area contributed by atoms with Crippen molar-refractivity contribution in [1.29, 1.82) is 5.26 Å². The topological polar surface area (TPSA) is 94.2 Å². The second-order valence-corrected chi connectivity index (χ2v) is 4.19. The van der Waals surface area contributed by atoms with Crippen LogP contribution < -0.4 is 0 Å². The molecule has 0 amide bonds. The molecule has 1 heterocycles. The smallest absolute Gasteiger partial charge is 0.337 e. The monoisotopic (exact) mass is 232 g/mol. The highest BCUT2D eigenvalue weighted by Gasteiger charge is 2.23. The second-order valence-electron chi connectivity index (χ2n) is 4.19. The predicted octanol–water partition coefficient (Wildman–Crippen LogP) is 2.01. The van der Waals surface area contributed by atoms with Crippen LogP contribution in [0.15, 0.2) is 6.07 Å². The van der Waals surface area contributed by atoms with Crippen LogP contribution in [0.25, 0.3) is 0 Å². The first-order valence-electron chi connectivity index (χ1n) is 5.50. The van der Waals surface area contributed by atoms with Gasteiger partial charge >= 0.3 is 5.97 Å². The average Bonchev–Trinajstić information content (AvgIpc) is 2.81. The first kappa shape index (κ1) is 11.4. The summed E-state index contributed by atoms with van der Waals surface area (Å²) in [6, 6.07) is 3.08. The van der Waals surface area contributed by atoms with E-state index in [0.29, 0.717) is 5.69 Å². The summed E-state index contributed by atoms with van der Waals surface area (Å²) in [5.74, 6) is -1.49. The molecule has 1 aromatic heterocycles. The molecule has 0 aliphatic heterocycles. The molecule has 1 aromatic rings. The summed E-state index contributed by atoms with van der Waals surface area (Å²) in [6.07, 6.45) is 4.10. The third-order valence-electron chi connectivity index (χ3n) is 3.14. The van der Waals surface area contributed by atoms with Crippen molar-refractivity contribution < 1.29 is 15.0 Å². The van der Waals surface area contributed by atoms with Gasteiger partial charge in [-0.15, -0.1) is 0 Å². The van der Waals surface area contributed by atoms with Crippen LogP contribution in [0, 0.1) is 11.3 Å². The maximum absolute atomic E-state index is 11.0. The number of aromatic nitrogens is 1. The molecule has 2 rings (SSSR count). The van der Waals surface area contributed by atoms with Gasteiger partial charge in [-0.2, -0.15) is 5.26 Å². The van der Waals surface area contributed by atoms with E-state index in [1.165, 1.54) is 6.07 Å². The normalized spacial score (nSPS) is 15.7. The highest BCUT2D eigenvalue weighted by Crippen LogP contribution is 2.35. The molecule has 88 valence electrons. The van der Waals surface area contributed by atoms with E-state index in [9.17, 15) is 9.90 Å². The molecule has 0 saturated heterocycles. The van der Waals surface area contributed by atoms with Crippen LogP contribution in [-0.4, -0.2) is 21.2 Å². The third kappa shape index (κ3) is 2.07. The van der Waals surface area contributed by atoms with E-state index in [-0.39, 0.29) is 17.0 Å². The molecule has 17 heavy (non-hydrogen) atoms. The first-order valence-corrected chi connectivity index (χ1v) is 5.50. The Bertz CT molecular complexity index is 499. The molecule has 0 spiro atoms. The minimum Gasteiger partial charge on any atom is -0.492 e. The van der Waals surface area contributed by atoms with Crippen molar-refractivity contribution in [3.8, 4) is 11.9 Å². The summed E-state index contributed by atoms with van der Waals surface area (Å²) in [4.78, 5) is 14.9. The Balaban J connectivity index is 2.50. The Hall–Kier alpha value is -2.09. The van der Waals surface area contributed by atoms with E-state index in [2.05, 4.69) is 4.98 Å². The van der Waals surface area contributed by atoms with Crippen LogP contribution in [0.1, 0.15) is 53.2 Å². The zero-order valence-electron chi connectivity index (χ0n) is 9.18. The van der Waals surface area contributed by atoms with Gasteiger partial charge in [0.15, 0.2) is 0 Å². The van der Waals surface area contributed by atoms with Crippen LogP contribution >= 0.6 is 0 Å². The molecule has 0 unspecified atom stereocenters. The number of rotatable bonds is 2. The molecule has 0 aromatic carbocycles. The lowest BCUT2D eigenvalue weighted by Gasteiger charge is -2.10. The van der Waals surface area contributed by atoms with Crippen LogP contribution in [0.4, 0.5) is 0 Å². The fourth-order valence-corrected chi connectivity index (χ4v) is 2.26. The number of aromatic carboxylic acids is 1. The minimum absolute atomic E-state index is 0.165. The SMILES string of the molecule is N#Cc1c(C(=O)O)cc(C2CCCC2)nc1O.